The van der Waals surface area contributed by atoms with Gasteiger partial charge in [0.2, 0.25) is 0 Å². The minimum atomic E-state index is -0.156. The molecule has 2 saturated heterocycles. The second-order valence-corrected chi connectivity index (χ2v) is 8.38. The summed E-state index contributed by atoms with van der Waals surface area (Å²) in [4.78, 5) is 21.5. The SMILES string of the molecule is O=C(c1ccc(N2CCC[C@@H](CCc3cccc(F)c3)C2)nc1)N1CCCCC1. The van der Waals surface area contributed by atoms with Gasteiger partial charge in [-0.3, -0.25) is 4.79 Å². The Balaban J connectivity index is 1.33. The Kier molecular flexibility index (Phi) is 6.43. The summed E-state index contributed by atoms with van der Waals surface area (Å²) in [5, 5.41) is 0. The lowest BCUT2D eigenvalue weighted by molar-refractivity contribution is 0.0724. The van der Waals surface area contributed by atoms with Crippen LogP contribution in [0.2, 0.25) is 0 Å². The zero-order chi connectivity index (χ0) is 20.1. The summed E-state index contributed by atoms with van der Waals surface area (Å²) in [7, 11) is 0. The van der Waals surface area contributed by atoms with Crippen molar-refractivity contribution in [1.82, 2.24) is 9.88 Å². The summed E-state index contributed by atoms with van der Waals surface area (Å²) in [5.74, 6) is 1.49. The third-order valence-electron chi connectivity index (χ3n) is 6.21. The number of hydrogen-bond acceptors (Lipinski definition) is 3. The smallest absolute Gasteiger partial charge is 0.255 e. The Morgan fingerprint density at radius 1 is 1.07 bits per heavy atom. The lowest BCUT2D eigenvalue weighted by Gasteiger charge is -2.34. The fourth-order valence-corrected chi connectivity index (χ4v) is 4.55. The Morgan fingerprint density at radius 3 is 2.69 bits per heavy atom. The second kappa shape index (κ2) is 9.38. The van der Waals surface area contributed by atoms with Gasteiger partial charge in [-0.15, -0.1) is 0 Å². The van der Waals surface area contributed by atoms with Crippen LogP contribution in [0.25, 0.3) is 0 Å². The van der Waals surface area contributed by atoms with Gasteiger partial charge in [0.1, 0.15) is 11.6 Å². The van der Waals surface area contributed by atoms with E-state index < -0.39 is 0 Å². The van der Waals surface area contributed by atoms with Crippen LogP contribution in [-0.2, 0) is 6.42 Å². The fourth-order valence-electron chi connectivity index (χ4n) is 4.55. The number of likely N-dealkylation sites (tertiary alicyclic amines) is 1. The van der Waals surface area contributed by atoms with Gasteiger partial charge >= 0.3 is 0 Å². The van der Waals surface area contributed by atoms with Gasteiger partial charge < -0.3 is 9.80 Å². The molecule has 29 heavy (non-hydrogen) atoms. The highest BCUT2D eigenvalue weighted by Crippen LogP contribution is 2.25. The maximum Gasteiger partial charge on any atom is 0.255 e. The first kappa shape index (κ1) is 19.9. The van der Waals surface area contributed by atoms with Crippen molar-refractivity contribution in [3.05, 3.63) is 59.5 Å². The van der Waals surface area contributed by atoms with Crippen LogP contribution in [0, 0.1) is 11.7 Å². The highest BCUT2D eigenvalue weighted by atomic mass is 19.1. The lowest BCUT2D eigenvalue weighted by atomic mass is 9.91. The number of amides is 1. The van der Waals surface area contributed by atoms with Crippen molar-refractivity contribution >= 4 is 11.7 Å². The van der Waals surface area contributed by atoms with Gasteiger partial charge in [0.15, 0.2) is 0 Å². The highest BCUT2D eigenvalue weighted by molar-refractivity contribution is 5.94. The van der Waals surface area contributed by atoms with E-state index in [-0.39, 0.29) is 11.7 Å². The van der Waals surface area contributed by atoms with E-state index in [0.29, 0.717) is 11.5 Å². The average Bonchev–Trinajstić information content (AvgIpc) is 2.78. The summed E-state index contributed by atoms with van der Waals surface area (Å²) in [5.41, 5.74) is 1.76. The van der Waals surface area contributed by atoms with Crippen LogP contribution in [-0.4, -0.2) is 42.0 Å². The van der Waals surface area contributed by atoms with Crippen LogP contribution < -0.4 is 4.90 Å². The molecule has 0 aliphatic carbocycles. The predicted octanol–water partition coefficient (Wildman–Crippen LogP) is 4.70. The number of aromatic nitrogens is 1. The number of nitrogens with zero attached hydrogens (tertiary/aromatic N) is 3. The number of carbonyl (C=O) groups is 1. The predicted molar refractivity (Wildman–Crippen MR) is 114 cm³/mol. The van der Waals surface area contributed by atoms with Crippen molar-refractivity contribution < 1.29 is 9.18 Å². The average molecular weight is 396 g/mol. The van der Waals surface area contributed by atoms with Gasteiger partial charge in [-0.25, -0.2) is 9.37 Å². The molecule has 4 nitrogen and oxygen atoms in total. The molecule has 0 saturated carbocycles. The van der Waals surface area contributed by atoms with Crippen molar-refractivity contribution in [2.24, 2.45) is 5.92 Å². The monoisotopic (exact) mass is 395 g/mol. The molecule has 154 valence electrons. The number of aryl methyl sites for hydroxylation is 1. The van der Waals surface area contributed by atoms with E-state index in [1.165, 1.54) is 18.9 Å². The van der Waals surface area contributed by atoms with Gasteiger partial charge in [-0.05, 0) is 80.7 Å². The van der Waals surface area contributed by atoms with E-state index >= 15 is 0 Å². The molecule has 1 atom stereocenters. The third kappa shape index (κ3) is 5.14. The van der Waals surface area contributed by atoms with E-state index in [0.717, 1.165) is 69.7 Å². The molecule has 0 radical (unpaired) electrons. The standard InChI is InChI=1S/C24H30FN3O/c25-22-8-4-6-19(16-22)9-10-20-7-5-15-28(18-20)23-12-11-21(17-26-23)24(29)27-13-2-1-3-14-27/h4,6,8,11-12,16-17,20H,1-3,5,7,9-10,13-15,18H2/t20-/m0/s1. The Morgan fingerprint density at radius 2 is 1.93 bits per heavy atom. The van der Waals surface area contributed by atoms with Crippen molar-refractivity contribution in [3.8, 4) is 0 Å². The number of anilines is 1. The zero-order valence-electron chi connectivity index (χ0n) is 17.0. The molecule has 5 heteroatoms. The molecule has 0 spiro atoms. The molecular weight excluding hydrogens is 365 g/mol. The number of piperidine rings is 2. The largest absolute Gasteiger partial charge is 0.356 e. The number of hydrogen-bond donors (Lipinski definition) is 0. The molecule has 2 fully saturated rings. The molecule has 2 aliphatic rings. The molecule has 2 aromatic rings. The minimum absolute atomic E-state index is 0.107. The molecule has 1 aromatic carbocycles. The highest BCUT2D eigenvalue weighted by Gasteiger charge is 2.22. The van der Waals surface area contributed by atoms with Crippen LogP contribution in [0.3, 0.4) is 0 Å². The quantitative estimate of drug-likeness (QED) is 0.737. The first-order valence-electron chi connectivity index (χ1n) is 10.9. The fraction of sp³-hybridized carbons (Fsp3) is 0.500. The van der Waals surface area contributed by atoms with Crippen molar-refractivity contribution in [2.75, 3.05) is 31.1 Å². The number of carbonyl (C=O) groups excluding carboxylic acids is 1. The summed E-state index contributed by atoms with van der Waals surface area (Å²) in [6.07, 6.45) is 9.47. The molecule has 0 N–H and O–H groups in total. The topological polar surface area (TPSA) is 36.4 Å². The van der Waals surface area contributed by atoms with E-state index in [4.69, 9.17) is 0 Å². The second-order valence-electron chi connectivity index (χ2n) is 8.38. The van der Waals surface area contributed by atoms with Crippen LogP contribution in [0.1, 0.15) is 54.4 Å². The van der Waals surface area contributed by atoms with E-state index in [1.54, 1.807) is 18.3 Å². The molecule has 0 bridgehead atoms. The Hall–Kier alpha value is -2.43. The van der Waals surface area contributed by atoms with E-state index in [9.17, 15) is 9.18 Å². The van der Waals surface area contributed by atoms with Crippen LogP contribution >= 0.6 is 0 Å². The summed E-state index contributed by atoms with van der Waals surface area (Å²) < 4.78 is 13.4. The Labute approximate surface area is 172 Å². The van der Waals surface area contributed by atoms with Gasteiger partial charge in [0, 0.05) is 32.4 Å². The molecule has 4 rings (SSSR count). The first-order valence-corrected chi connectivity index (χ1v) is 10.9. The minimum Gasteiger partial charge on any atom is -0.356 e. The first-order chi connectivity index (χ1) is 14.2. The van der Waals surface area contributed by atoms with Gasteiger partial charge in [-0.2, -0.15) is 0 Å². The number of halogens is 1. The Bertz CT molecular complexity index is 817. The van der Waals surface area contributed by atoms with Crippen LogP contribution in [0.15, 0.2) is 42.6 Å². The third-order valence-corrected chi connectivity index (χ3v) is 6.21. The van der Waals surface area contributed by atoms with Crippen molar-refractivity contribution in [3.63, 3.8) is 0 Å². The summed E-state index contributed by atoms with van der Waals surface area (Å²) in [6.45, 7) is 3.70. The zero-order valence-corrected chi connectivity index (χ0v) is 17.0. The van der Waals surface area contributed by atoms with E-state index in [1.807, 2.05) is 23.1 Å². The molecule has 1 amide bonds. The maximum atomic E-state index is 13.4. The maximum absolute atomic E-state index is 13.4. The van der Waals surface area contributed by atoms with Gasteiger partial charge in [-0.1, -0.05) is 12.1 Å². The number of pyridine rings is 1. The molecular formula is C24H30FN3O. The summed E-state index contributed by atoms with van der Waals surface area (Å²) >= 11 is 0. The number of benzene rings is 1. The van der Waals surface area contributed by atoms with Gasteiger partial charge in [0.25, 0.3) is 5.91 Å². The molecule has 0 unspecified atom stereocenters. The van der Waals surface area contributed by atoms with Crippen molar-refractivity contribution in [1.29, 1.82) is 0 Å². The van der Waals surface area contributed by atoms with Crippen LogP contribution in [0.4, 0.5) is 10.2 Å². The molecule has 2 aliphatic heterocycles. The lowest BCUT2D eigenvalue weighted by Crippen LogP contribution is -2.37. The summed E-state index contributed by atoms with van der Waals surface area (Å²) in [6, 6.07) is 10.8. The normalized spacial score (nSPS) is 20.0. The van der Waals surface area contributed by atoms with Crippen molar-refractivity contribution in [2.45, 2.75) is 44.9 Å². The van der Waals surface area contributed by atoms with Crippen LogP contribution in [0.5, 0.6) is 0 Å². The van der Waals surface area contributed by atoms with Gasteiger partial charge in [0.05, 0.1) is 5.56 Å². The van der Waals surface area contributed by atoms with E-state index in [2.05, 4.69) is 9.88 Å². The molecule has 1 aromatic heterocycles. The number of rotatable bonds is 5. The molecule has 3 heterocycles.